The molecule has 1 aliphatic heterocycles. The van der Waals surface area contributed by atoms with Gasteiger partial charge >= 0.3 is 12.1 Å². The third-order valence-electron chi connectivity index (χ3n) is 7.28. The standard InChI is InChI=1S/C29H31F3N4O5/c1-18-15-21(24-5-3-4-6-25(24)33-18)17-41-23-9-7-22(8-10-23)36(28(39)29(30,31)32)26(16-27(38)34-40)20-11-13-35(14-12-20)19(2)37/h3-10,15,20,26,40H,11-14,16-17H2,1-2H3,(H,34,38). The molecule has 2 aromatic carbocycles. The quantitative estimate of drug-likeness (QED) is 0.303. The number of nitrogens with one attached hydrogen (secondary N) is 1. The maximum atomic E-state index is 13.8. The lowest BCUT2D eigenvalue weighted by atomic mass is 9.85. The molecular weight excluding hydrogens is 541 g/mol. The molecule has 41 heavy (non-hydrogen) atoms. The van der Waals surface area contributed by atoms with Crippen molar-refractivity contribution in [1.29, 1.82) is 0 Å². The van der Waals surface area contributed by atoms with Gasteiger partial charge < -0.3 is 14.5 Å². The van der Waals surface area contributed by atoms with Gasteiger partial charge in [-0.25, -0.2) is 5.48 Å². The number of aryl methyl sites for hydroxylation is 1. The van der Waals surface area contributed by atoms with Crippen LogP contribution < -0.4 is 15.1 Å². The number of aromatic nitrogens is 1. The lowest BCUT2D eigenvalue weighted by molar-refractivity contribution is -0.171. The summed E-state index contributed by atoms with van der Waals surface area (Å²) in [6.45, 7) is 4.01. The second kappa shape index (κ2) is 12.5. The summed E-state index contributed by atoms with van der Waals surface area (Å²) in [6.07, 6.45) is -5.21. The summed E-state index contributed by atoms with van der Waals surface area (Å²) in [5, 5.41) is 10.0. The fraction of sp³-hybridized carbons (Fsp3) is 0.379. The number of fused-ring (bicyclic) bond motifs is 1. The summed E-state index contributed by atoms with van der Waals surface area (Å²) < 4.78 is 47.4. The van der Waals surface area contributed by atoms with Crippen molar-refractivity contribution in [3.8, 4) is 5.75 Å². The Hall–Kier alpha value is -4.19. The maximum Gasteiger partial charge on any atom is 0.471 e. The van der Waals surface area contributed by atoms with Crippen molar-refractivity contribution >= 4 is 34.3 Å². The Labute approximate surface area is 234 Å². The van der Waals surface area contributed by atoms with Gasteiger partial charge in [-0.2, -0.15) is 13.2 Å². The third kappa shape index (κ3) is 7.12. The average Bonchev–Trinajstić information content (AvgIpc) is 2.95. The number of hydrogen-bond acceptors (Lipinski definition) is 6. The van der Waals surface area contributed by atoms with E-state index < -0.39 is 36.4 Å². The van der Waals surface area contributed by atoms with Gasteiger partial charge in [0.05, 0.1) is 5.52 Å². The number of hydrogen-bond donors (Lipinski definition) is 2. The Morgan fingerprint density at radius 1 is 1.12 bits per heavy atom. The molecule has 0 spiro atoms. The topological polar surface area (TPSA) is 112 Å². The summed E-state index contributed by atoms with van der Waals surface area (Å²) in [7, 11) is 0. The van der Waals surface area contributed by atoms with Crippen molar-refractivity contribution in [3.05, 3.63) is 65.9 Å². The number of piperidine rings is 1. The van der Waals surface area contributed by atoms with Crippen LogP contribution in [0.1, 0.15) is 37.4 Å². The maximum absolute atomic E-state index is 13.8. The van der Waals surface area contributed by atoms with Crippen molar-refractivity contribution < 1.29 is 37.5 Å². The van der Waals surface area contributed by atoms with Crippen molar-refractivity contribution in [2.24, 2.45) is 5.92 Å². The van der Waals surface area contributed by atoms with E-state index in [1.807, 2.05) is 37.3 Å². The van der Waals surface area contributed by atoms with Crippen LogP contribution >= 0.6 is 0 Å². The summed E-state index contributed by atoms with van der Waals surface area (Å²) >= 11 is 0. The molecule has 12 heteroatoms. The number of rotatable bonds is 8. The molecule has 3 aromatic rings. The molecule has 0 aliphatic carbocycles. The van der Waals surface area contributed by atoms with E-state index in [9.17, 15) is 27.6 Å². The Kier molecular flexibility index (Phi) is 9.11. The van der Waals surface area contributed by atoms with Gasteiger partial charge in [0.1, 0.15) is 12.4 Å². The van der Waals surface area contributed by atoms with E-state index in [1.165, 1.54) is 36.7 Å². The van der Waals surface area contributed by atoms with Crippen LogP contribution in [0.15, 0.2) is 54.6 Å². The number of para-hydroxylation sites is 1. The van der Waals surface area contributed by atoms with Crippen molar-refractivity contribution in [1.82, 2.24) is 15.4 Å². The lowest BCUT2D eigenvalue weighted by Gasteiger charge is -2.41. The monoisotopic (exact) mass is 572 g/mol. The molecule has 0 saturated carbocycles. The van der Waals surface area contributed by atoms with Crippen LogP contribution in [0.3, 0.4) is 0 Å². The number of nitrogens with zero attached hydrogens (tertiary/aromatic N) is 3. The minimum absolute atomic E-state index is 0.0744. The molecule has 0 bridgehead atoms. The van der Waals surface area contributed by atoms with Gasteiger partial charge in [0, 0.05) is 54.8 Å². The molecule has 3 amide bonds. The molecule has 1 saturated heterocycles. The zero-order valence-corrected chi connectivity index (χ0v) is 22.6. The fourth-order valence-electron chi connectivity index (χ4n) is 5.28. The molecule has 9 nitrogen and oxygen atoms in total. The van der Waals surface area contributed by atoms with Crippen LogP contribution in [0.2, 0.25) is 0 Å². The Bertz CT molecular complexity index is 1410. The van der Waals surface area contributed by atoms with E-state index in [1.54, 1.807) is 4.90 Å². The van der Waals surface area contributed by atoms with E-state index >= 15 is 0 Å². The molecule has 218 valence electrons. The van der Waals surface area contributed by atoms with E-state index in [4.69, 9.17) is 9.94 Å². The van der Waals surface area contributed by atoms with Gasteiger partial charge in [-0.15, -0.1) is 0 Å². The summed E-state index contributed by atoms with van der Waals surface area (Å²) in [5.41, 5.74) is 3.89. The van der Waals surface area contributed by atoms with Crippen LogP contribution in [-0.4, -0.2) is 58.1 Å². The number of benzene rings is 2. The molecular formula is C29H31F3N4O5. The number of carbonyl (C=O) groups excluding carboxylic acids is 3. The molecule has 2 heterocycles. The van der Waals surface area contributed by atoms with E-state index in [0.29, 0.717) is 10.6 Å². The number of halogens is 3. The average molecular weight is 573 g/mol. The van der Waals surface area contributed by atoms with Gasteiger partial charge in [-0.1, -0.05) is 18.2 Å². The first-order valence-corrected chi connectivity index (χ1v) is 13.1. The second-order valence-corrected chi connectivity index (χ2v) is 10.0. The first-order valence-electron chi connectivity index (χ1n) is 13.1. The molecule has 1 fully saturated rings. The molecule has 1 unspecified atom stereocenters. The zero-order valence-electron chi connectivity index (χ0n) is 22.6. The van der Waals surface area contributed by atoms with Gasteiger partial charge in [0.2, 0.25) is 11.8 Å². The van der Waals surface area contributed by atoms with E-state index in [-0.39, 0.29) is 44.1 Å². The van der Waals surface area contributed by atoms with Gasteiger partial charge in [-0.05, 0) is 62.1 Å². The SMILES string of the molecule is CC(=O)N1CCC(C(CC(=O)NO)N(C(=O)C(F)(F)F)c2ccc(OCc3cc(C)nc4ccccc34)cc2)CC1. The van der Waals surface area contributed by atoms with Crippen LogP contribution in [0, 0.1) is 12.8 Å². The van der Waals surface area contributed by atoms with E-state index in [0.717, 1.165) is 22.2 Å². The Balaban J connectivity index is 1.61. The normalized spacial score (nSPS) is 14.9. The van der Waals surface area contributed by atoms with E-state index in [2.05, 4.69) is 4.98 Å². The number of ether oxygens (including phenoxy) is 1. The summed E-state index contributed by atoms with van der Waals surface area (Å²) in [4.78, 5) is 43.3. The summed E-state index contributed by atoms with van der Waals surface area (Å²) in [6, 6.07) is 13.9. The molecule has 1 atom stereocenters. The highest BCUT2D eigenvalue weighted by molar-refractivity contribution is 5.98. The largest absolute Gasteiger partial charge is 0.489 e. The first kappa shape index (κ1) is 29.8. The lowest BCUT2D eigenvalue weighted by Crippen LogP contribution is -2.54. The van der Waals surface area contributed by atoms with Crippen LogP contribution in [0.5, 0.6) is 5.75 Å². The minimum Gasteiger partial charge on any atom is -0.489 e. The highest BCUT2D eigenvalue weighted by Gasteiger charge is 2.47. The minimum atomic E-state index is -5.22. The highest BCUT2D eigenvalue weighted by atomic mass is 19.4. The van der Waals surface area contributed by atoms with Gasteiger partial charge in [0.25, 0.3) is 0 Å². The molecule has 2 N–H and O–H groups in total. The molecule has 0 radical (unpaired) electrons. The second-order valence-electron chi connectivity index (χ2n) is 10.0. The fourth-order valence-corrected chi connectivity index (χ4v) is 5.28. The predicted octanol–water partition coefficient (Wildman–Crippen LogP) is 4.54. The zero-order chi connectivity index (χ0) is 29.7. The molecule has 1 aliphatic rings. The number of hydroxylamine groups is 1. The smallest absolute Gasteiger partial charge is 0.471 e. The van der Waals surface area contributed by atoms with Crippen molar-refractivity contribution in [2.75, 3.05) is 18.0 Å². The number of likely N-dealkylation sites (tertiary alicyclic amines) is 1. The van der Waals surface area contributed by atoms with Gasteiger partial charge in [-0.3, -0.25) is 24.6 Å². The Morgan fingerprint density at radius 3 is 2.39 bits per heavy atom. The van der Waals surface area contributed by atoms with Crippen molar-refractivity contribution in [2.45, 2.75) is 51.9 Å². The van der Waals surface area contributed by atoms with Crippen LogP contribution in [0.25, 0.3) is 10.9 Å². The van der Waals surface area contributed by atoms with Crippen molar-refractivity contribution in [3.63, 3.8) is 0 Å². The first-order chi connectivity index (χ1) is 19.5. The summed E-state index contributed by atoms with van der Waals surface area (Å²) in [5.74, 6) is -3.39. The van der Waals surface area contributed by atoms with Crippen LogP contribution in [0.4, 0.5) is 18.9 Å². The van der Waals surface area contributed by atoms with Gasteiger partial charge in [0.15, 0.2) is 0 Å². The highest BCUT2D eigenvalue weighted by Crippen LogP contribution is 2.34. The number of carbonyl (C=O) groups is 3. The van der Waals surface area contributed by atoms with Crippen LogP contribution in [-0.2, 0) is 21.0 Å². The number of anilines is 1. The molecule has 1 aromatic heterocycles. The number of amides is 3. The Morgan fingerprint density at radius 2 is 1.78 bits per heavy atom. The number of pyridine rings is 1. The predicted molar refractivity (Wildman–Crippen MR) is 144 cm³/mol. The molecule has 4 rings (SSSR count). The number of alkyl halides is 3. The third-order valence-corrected chi connectivity index (χ3v) is 7.28.